The van der Waals surface area contributed by atoms with Crippen molar-refractivity contribution in [1.29, 1.82) is 0 Å². The van der Waals surface area contributed by atoms with Crippen LogP contribution in [0.3, 0.4) is 0 Å². The van der Waals surface area contributed by atoms with Crippen LogP contribution in [0.15, 0.2) is 0 Å². The summed E-state index contributed by atoms with van der Waals surface area (Å²) in [7, 11) is 0. The minimum Gasteiger partial charge on any atom is -0.378 e. The zero-order chi connectivity index (χ0) is 7.40. The third kappa shape index (κ3) is 2.11. The van der Waals surface area contributed by atoms with Gasteiger partial charge in [-0.05, 0) is 19.3 Å². The molecule has 3 heteroatoms. The molecule has 0 aromatic heterocycles. The van der Waals surface area contributed by atoms with Gasteiger partial charge in [-0.3, -0.25) is 4.90 Å². The van der Waals surface area contributed by atoms with Gasteiger partial charge in [0, 0.05) is 19.0 Å². The van der Waals surface area contributed by atoms with Gasteiger partial charge in [-0.1, -0.05) is 0 Å². The summed E-state index contributed by atoms with van der Waals surface area (Å²) in [4.78, 5) is 2.04. The number of hydrogen-bond acceptors (Lipinski definition) is 2. The molecule has 1 heterocycles. The highest BCUT2D eigenvalue weighted by Gasteiger charge is 2.18. The van der Waals surface area contributed by atoms with E-state index in [1.165, 1.54) is 6.42 Å². The van der Waals surface area contributed by atoms with E-state index in [9.17, 15) is 5.11 Å². The van der Waals surface area contributed by atoms with E-state index < -0.39 is 0 Å². The Bertz CT molecular complexity index is 97.6. The van der Waals surface area contributed by atoms with E-state index in [2.05, 4.69) is 0 Å². The Morgan fingerprint density at radius 3 is 2.90 bits per heavy atom. The molecule has 1 atom stereocenters. The fraction of sp³-hybridized carbons (Fsp3) is 1.00. The summed E-state index contributed by atoms with van der Waals surface area (Å²) >= 11 is 5.55. The summed E-state index contributed by atoms with van der Waals surface area (Å²) in [5.74, 6) is 0.622. The van der Waals surface area contributed by atoms with Gasteiger partial charge in [0.2, 0.25) is 0 Å². The predicted molar refractivity (Wildman–Crippen MR) is 42.2 cm³/mol. The van der Waals surface area contributed by atoms with Gasteiger partial charge in [0.15, 0.2) is 0 Å². The van der Waals surface area contributed by atoms with E-state index >= 15 is 0 Å². The Morgan fingerprint density at radius 1 is 1.50 bits per heavy atom. The molecule has 1 aliphatic heterocycles. The second-order valence-electron chi connectivity index (χ2n) is 2.70. The van der Waals surface area contributed by atoms with E-state index in [1.807, 2.05) is 4.90 Å². The molecule has 0 saturated carbocycles. The summed E-state index contributed by atoms with van der Waals surface area (Å²) in [5.41, 5.74) is 0. The lowest BCUT2D eigenvalue weighted by Crippen LogP contribution is -2.40. The average molecular weight is 164 g/mol. The topological polar surface area (TPSA) is 23.5 Å². The molecular weight excluding hydrogens is 150 g/mol. The summed E-state index contributed by atoms with van der Waals surface area (Å²) in [5, 5.41) is 9.37. The van der Waals surface area contributed by atoms with E-state index in [0.717, 1.165) is 25.9 Å². The lowest BCUT2D eigenvalue weighted by atomic mass is 10.1. The normalized spacial score (nSPS) is 28.8. The van der Waals surface area contributed by atoms with Crippen LogP contribution < -0.4 is 0 Å². The van der Waals surface area contributed by atoms with Crippen LogP contribution in [0.25, 0.3) is 0 Å². The van der Waals surface area contributed by atoms with Crippen LogP contribution in [-0.2, 0) is 0 Å². The van der Waals surface area contributed by atoms with Gasteiger partial charge in [-0.15, -0.1) is 11.6 Å². The molecule has 1 unspecified atom stereocenters. The van der Waals surface area contributed by atoms with Crippen LogP contribution in [0.5, 0.6) is 0 Å². The van der Waals surface area contributed by atoms with Crippen molar-refractivity contribution in [2.45, 2.75) is 25.5 Å². The molecule has 1 N–H and O–H groups in total. The number of likely N-dealkylation sites (tertiary alicyclic amines) is 1. The maximum absolute atomic E-state index is 9.37. The molecule has 10 heavy (non-hydrogen) atoms. The van der Waals surface area contributed by atoms with Crippen molar-refractivity contribution in [2.75, 3.05) is 19.0 Å². The molecule has 1 saturated heterocycles. The maximum Gasteiger partial charge on any atom is 0.107 e. The van der Waals surface area contributed by atoms with Gasteiger partial charge >= 0.3 is 0 Å². The predicted octanol–water partition coefficient (Wildman–Crippen LogP) is 1.03. The molecule has 0 aromatic rings. The van der Waals surface area contributed by atoms with Gasteiger partial charge in [0.1, 0.15) is 6.23 Å². The fourth-order valence-corrected chi connectivity index (χ4v) is 1.56. The number of rotatable bonds is 2. The first-order valence-electron chi connectivity index (χ1n) is 3.82. The molecule has 2 nitrogen and oxygen atoms in total. The summed E-state index contributed by atoms with van der Waals surface area (Å²) in [6.07, 6.45) is 3.04. The SMILES string of the molecule is OC1CCCCN1CCCl. The largest absolute Gasteiger partial charge is 0.378 e. The Labute approximate surface area is 66.8 Å². The summed E-state index contributed by atoms with van der Waals surface area (Å²) in [6, 6.07) is 0. The molecular formula is C7H14ClNO. The summed E-state index contributed by atoms with van der Waals surface area (Å²) in [6.45, 7) is 1.83. The fourth-order valence-electron chi connectivity index (χ4n) is 1.34. The minimum atomic E-state index is -0.229. The molecule has 1 aliphatic rings. The Balaban J connectivity index is 2.25. The van der Waals surface area contributed by atoms with Crippen LogP contribution in [0.4, 0.5) is 0 Å². The zero-order valence-electron chi connectivity index (χ0n) is 6.09. The first kappa shape index (κ1) is 8.31. The quantitative estimate of drug-likeness (QED) is 0.615. The van der Waals surface area contributed by atoms with Crippen molar-refractivity contribution < 1.29 is 5.11 Å². The van der Waals surface area contributed by atoms with Crippen LogP contribution in [0.1, 0.15) is 19.3 Å². The van der Waals surface area contributed by atoms with Gasteiger partial charge in [0.05, 0.1) is 0 Å². The molecule has 0 aromatic carbocycles. The maximum atomic E-state index is 9.37. The van der Waals surface area contributed by atoms with Crippen molar-refractivity contribution in [1.82, 2.24) is 4.90 Å². The van der Waals surface area contributed by atoms with E-state index in [4.69, 9.17) is 11.6 Å². The highest BCUT2D eigenvalue weighted by molar-refractivity contribution is 6.18. The van der Waals surface area contributed by atoms with Gasteiger partial charge < -0.3 is 5.11 Å². The monoisotopic (exact) mass is 163 g/mol. The van der Waals surface area contributed by atoms with Crippen molar-refractivity contribution in [2.24, 2.45) is 0 Å². The van der Waals surface area contributed by atoms with Crippen LogP contribution >= 0.6 is 11.6 Å². The molecule has 0 aliphatic carbocycles. The lowest BCUT2D eigenvalue weighted by Gasteiger charge is -2.31. The Hall–Kier alpha value is 0.210. The number of alkyl halides is 1. The zero-order valence-corrected chi connectivity index (χ0v) is 6.85. The lowest BCUT2D eigenvalue weighted by molar-refractivity contribution is -0.0195. The van der Waals surface area contributed by atoms with Gasteiger partial charge in [0.25, 0.3) is 0 Å². The first-order chi connectivity index (χ1) is 4.84. The molecule has 1 fully saturated rings. The smallest absolute Gasteiger partial charge is 0.107 e. The van der Waals surface area contributed by atoms with Gasteiger partial charge in [-0.25, -0.2) is 0 Å². The minimum absolute atomic E-state index is 0.229. The second-order valence-corrected chi connectivity index (χ2v) is 3.08. The molecule has 1 rings (SSSR count). The highest BCUT2D eigenvalue weighted by atomic mass is 35.5. The Kier molecular flexibility index (Phi) is 3.46. The number of piperidine rings is 1. The van der Waals surface area contributed by atoms with Crippen LogP contribution in [0.2, 0.25) is 0 Å². The van der Waals surface area contributed by atoms with Crippen molar-refractivity contribution in [3.63, 3.8) is 0 Å². The molecule has 0 spiro atoms. The number of aliphatic hydroxyl groups is 1. The molecule has 0 radical (unpaired) electrons. The Morgan fingerprint density at radius 2 is 2.30 bits per heavy atom. The van der Waals surface area contributed by atoms with E-state index in [-0.39, 0.29) is 6.23 Å². The second kappa shape index (κ2) is 4.16. The van der Waals surface area contributed by atoms with Gasteiger partial charge in [-0.2, -0.15) is 0 Å². The number of halogens is 1. The summed E-state index contributed by atoms with van der Waals surface area (Å²) < 4.78 is 0. The molecule has 0 amide bonds. The van der Waals surface area contributed by atoms with Crippen LogP contribution in [0, 0.1) is 0 Å². The van der Waals surface area contributed by atoms with Crippen molar-refractivity contribution >= 4 is 11.6 Å². The van der Waals surface area contributed by atoms with E-state index in [0.29, 0.717) is 5.88 Å². The molecule has 0 bridgehead atoms. The van der Waals surface area contributed by atoms with Crippen molar-refractivity contribution in [3.8, 4) is 0 Å². The standard InChI is InChI=1S/C7H14ClNO/c8-4-6-9-5-2-1-3-7(9)10/h7,10H,1-6H2. The van der Waals surface area contributed by atoms with Crippen LogP contribution in [-0.4, -0.2) is 35.2 Å². The number of hydrogen-bond donors (Lipinski definition) is 1. The third-order valence-corrected chi connectivity index (χ3v) is 2.12. The first-order valence-corrected chi connectivity index (χ1v) is 4.36. The molecule has 60 valence electrons. The number of aliphatic hydroxyl groups excluding tert-OH is 1. The third-order valence-electron chi connectivity index (χ3n) is 1.95. The van der Waals surface area contributed by atoms with E-state index in [1.54, 1.807) is 0 Å². The number of nitrogens with zero attached hydrogens (tertiary/aromatic N) is 1. The van der Waals surface area contributed by atoms with Crippen molar-refractivity contribution in [3.05, 3.63) is 0 Å². The highest BCUT2D eigenvalue weighted by Crippen LogP contribution is 2.13. The average Bonchev–Trinajstić information content (AvgIpc) is 1.94.